The van der Waals surface area contributed by atoms with Gasteiger partial charge in [0, 0.05) is 17.7 Å². The Balaban J connectivity index is 1.72. The molecule has 32 heavy (non-hydrogen) atoms. The Morgan fingerprint density at radius 3 is 2.38 bits per heavy atom. The first-order chi connectivity index (χ1) is 15.3. The molecular weight excluding hydrogens is 426 g/mol. The van der Waals surface area contributed by atoms with Gasteiger partial charge in [-0.25, -0.2) is 22.5 Å². The molecule has 0 fully saturated rings. The van der Waals surface area contributed by atoms with Crippen LogP contribution < -0.4 is 9.84 Å². The van der Waals surface area contributed by atoms with Crippen LogP contribution in [0.25, 0.3) is 11.1 Å². The quantitative estimate of drug-likeness (QED) is 0.521. The lowest BCUT2D eigenvalue weighted by Crippen LogP contribution is -2.23. The van der Waals surface area contributed by atoms with E-state index in [4.69, 9.17) is 4.74 Å². The summed E-state index contributed by atoms with van der Waals surface area (Å²) in [5.74, 6) is -4.99. The molecule has 2 aromatic carbocycles. The average molecular weight is 442 g/mol. The highest BCUT2D eigenvalue weighted by molar-refractivity contribution is 5.94. The van der Waals surface area contributed by atoms with E-state index in [9.17, 15) is 27.5 Å². The molecule has 0 radical (unpaired) electrons. The van der Waals surface area contributed by atoms with Crippen LogP contribution in [0.1, 0.15) is 46.6 Å². The van der Waals surface area contributed by atoms with Crippen molar-refractivity contribution in [3.8, 4) is 5.75 Å². The van der Waals surface area contributed by atoms with E-state index >= 15 is 0 Å². The summed E-state index contributed by atoms with van der Waals surface area (Å²) in [6.07, 6.45) is 1.85. The molecule has 0 bridgehead atoms. The van der Waals surface area contributed by atoms with Crippen molar-refractivity contribution in [1.29, 1.82) is 0 Å². The van der Waals surface area contributed by atoms with E-state index in [1.165, 1.54) is 18.2 Å². The minimum absolute atomic E-state index is 0.181. The Morgan fingerprint density at radius 1 is 0.938 bits per heavy atom. The summed E-state index contributed by atoms with van der Waals surface area (Å²) in [5.41, 5.74) is 1.54. The van der Waals surface area contributed by atoms with Crippen molar-refractivity contribution in [3.63, 3.8) is 0 Å². The van der Waals surface area contributed by atoms with Crippen molar-refractivity contribution in [2.24, 2.45) is 0 Å². The third-order valence-corrected chi connectivity index (χ3v) is 5.23. The molecule has 0 aliphatic heterocycles. The van der Waals surface area contributed by atoms with Gasteiger partial charge in [-0.15, -0.1) is 0 Å². The van der Waals surface area contributed by atoms with Gasteiger partial charge in [0.25, 0.3) is 0 Å². The number of carboxylic acids is 1. The maximum Gasteiger partial charge on any atom is 0.135 e. The smallest absolute Gasteiger partial charge is 0.135 e. The van der Waals surface area contributed by atoms with Gasteiger partial charge in [-0.2, -0.15) is 0 Å². The van der Waals surface area contributed by atoms with Crippen molar-refractivity contribution < 1.29 is 32.2 Å². The van der Waals surface area contributed by atoms with Crippen LogP contribution in [0.5, 0.6) is 5.75 Å². The van der Waals surface area contributed by atoms with Crippen molar-refractivity contribution in [2.45, 2.75) is 25.9 Å². The number of carbonyl (C=O) groups is 1. The number of benzene rings is 2. The highest BCUT2D eigenvalue weighted by Gasteiger charge is 2.23. The predicted molar refractivity (Wildman–Crippen MR) is 106 cm³/mol. The summed E-state index contributed by atoms with van der Waals surface area (Å²) >= 11 is 0. The SMILES string of the molecule is O=C([O-])c1cccc(C2=C(c3cc(F)ccc3OCc3c(F)cc(F)cc3F)CCC2)n1. The van der Waals surface area contributed by atoms with Crippen LogP contribution in [0.2, 0.25) is 0 Å². The van der Waals surface area contributed by atoms with Crippen LogP contribution in [0, 0.1) is 23.3 Å². The van der Waals surface area contributed by atoms with Crippen LogP contribution in [-0.4, -0.2) is 11.0 Å². The molecule has 1 heterocycles. The number of rotatable bonds is 6. The Kier molecular flexibility index (Phi) is 5.94. The summed E-state index contributed by atoms with van der Waals surface area (Å²) in [4.78, 5) is 15.3. The molecule has 1 aromatic heterocycles. The lowest BCUT2D eigenvalue weighted by atomic mass is 9.98. The Hall–Kier alpha value is -3.68. The third-order valence-electron chi connectivity index (χ3n) is 5.23. The largest absolute Gasteiger partial charge is 0.543 e. The zero-order valence-electron chi connectivity index (χ0n) is 16.6. The number of allylic oxidation sites excluding steroid dienone is 2. The molecule has 4 rings (SSSR count). The van der Waals surface area contributed by atoms with Crippen molar-refractivity contribution >= 4 is 17.1 Å². The third kappa shape index (κ3) is 4.34. The number of aromatic carboxylic acids is 1. The van der Waals surface area contributed by atoms with Crippen LogP contribution in [-0.2, 0) is 6.61 Å². The zero-order valence-corrected chi connectivity index (χ0v) is 16.6. The van der Waals surface area contributed by atoms with Crippen LogP contribution in [0.3, 0.4) is 0 Å². The number of ether oxygens (including phenoxy) is 1. The normalized spacial score (nSPS) is 13.5. The van der Waals surface area contributed by atoms with Gasteiger partial charge < -0.3 is 14.6 Å². The van der Waals surface area contributed by atoms with E-state index in [1.54, 1.807) is 12.1 Å². The van der Waals surface area contributed by atoms with E-state index in [-0.39, 0.29) is 11.4 Å². The fourth-order valence-electron chi connectivity index (χ4n) is 3.76. The second kappa shape index (κ2) is 8.82. The molecule has 4 nitrogen and oxygen atoms in total. The van der Waals surface area contributed by atoms with E-state index in [2.05, 4.69) is 4.98 Å². The monoisotopic (exact) mass is 442 g/mol. The second-order valence-electron chi connectivity index (χ2n) is 7.28. The van der Waals surface area contributed by atoms with E-state index in [1.807, 2.05) is 0 Å². The average Bonchev–Trinajstić information content (AvgIpc) is 3.23. The number of hydrogen-bond acceptors (Lipinski definition) is 4. The summed E-state index contributed by atoms with van der Waals surface area (Å²) in [6, 6.07) is 9.36. The predicted octanol–water partition coefficient (Wildman–Crippen LogP) is 4.68. The zero-order chi connectivity index (χ0) is 22.8. The molecule has 0 spiro atoms. The lowest BCUT2D eigenvalue weighted by molar-refractivity contribution is -0.255. The van der Waals surface area contributed by atoms with Gasteiger partial charge in [0.2, 0.25) is 0 Å². The topological polar surface area (TPSA) is 62.2 Å². The second-order valence-corrected chi connectivity index (χ2v) is 7.28. The first-order valence-corrected chi connectivity index (χ1v) is 9.80. The summed E-state index contributed by atoms with van der Waals surface area (Å²) < 4.78 is 60.8. The van der Waals surface area contributed by atoms with Gasteiger partial charge >= 0.3 is 0 Å². The number of carbonyl (C=O) groups excluding carboxylic acids is 1. The van der Waals surface area contributed by atoms with Gasteiger partial charge in [-0.3, -0.25) is 0 Å². The molecule has 0 saturated heterocycles. The van der Waals surface area contributed by atoms with Crippen LogP contribution >= 0.6 is 0 Å². The molecule has 8 heteroatoms. The minimum Gasteiger partial charge on any atom is -0.543 e. The minimum atomic E-state index is -1.41. The number of aromatic nitrogens is 1. The highest BCUT2D eigenvalue weighted by atomic mass is 19.1. The molecule has 1 aliphatic rings. The number of pyridine rings is 1. The fourth-order valence-corrected chi connectivity index (χ4v) is 3.76. The number of carboxylic acid groups (broad SMARTS) is 1. The molecule has 0 unspecified atom stereocenters. The van der Waals surface area contributed by atoms with E-state index < -0.39 is 41.4 Å². The lowest BCUT2D eigenvalue weighted by Gasteiger charge is -2.15. The van der Waals surface area contributed by atoms with Crippen LogP contribution in [0.4, 0.5) is 17.6 Å². The standard InChI is InChI=1S/C24H17F4NO3/c25-13-7-8-23(32-12-18-19(27)10-14(26)11-20(18)28)17(9-13)15-3-1-4-16(15)21-5-2-6-22(29-21)24(30)31/h2,5-11H,1,3-4,12H2,(H,30,31)/p-1. The van der Waals surface area contributed by atoms with Gasteiger partial charge in [-0.1, -0.05) is 6.07 Å². The molecule has 3 aromatic rings. The summed E-state index contributed by atoms with van der Waals surface area (Å²) in [7, 11) is 0. The Morgan fingerprint density at radius 2 is 1.66 bits per heavy atom. The molecule has 0 N–H and O–H groups in total. The Bertz CT molecular complexity index is 1220. The highest BCUT2D eigenvalue weighted by Crippen LogP contribution is 2.42. The summed E-state index contributed by atoms with van der Waals surface area (Å²) in [6.45, 7) is -0.530. The van der Waals surface area contributed by atoms with Gasteiger partial charge in [-0.05, 0) is 60.7 Å². The first-order valence-electron chi connectivity index (χ1n) is 9.80. The Labute approximate surface area is 180 Å². The van der Waals surface area contributed by atoms with Crippen molar-refractivity contribution in [1.82, 2.24) is 4.98 Å². The molecule has 164 valence electrons. The molecule has 1 aliphatic carbocycles. The van der Waals surface area contributed by atoms with Crippen molar-refractivity contribution in [2.75, 3.05) is 0 Å². The van der Waals surface area contributed by atoms with Gasteiger partial charge in [0.05, 0.1) is 22.9 Å². The molecule has 0 atom stereocenters. The molecular formula is C24H16F4NO3-. The van der Waals surface area contributed by atoms with Crippen LogP contribution in [0.15, 0.2) is 48.5 Å². The summed E-state index contributed by atoms with van der Waals surface area (Å²) in [5, 5.41) is 11.2. The van der Waals surface area contributed by atoms with Crippen molar-refractivity contribution in [3.05, 3.63) is 94.3 Å². The van der Waals surface area contributed by atoms with E-state index in [0.717, 1.165) is 18.1 Å². The number of halogens is 4. The maximum atomic E-state index is 14.1. The molecule has 0 saturated carbocycles. The molecule has 0 amide bonds. The number of hydrogen-bond donors (Lipinski definition) is 0. The maximum absolute atomic E-state index is 14.1. The van der Waals surface area contributed by atoms with E-state index in [0.29, 0.717) is 41.8 Å². The first kappa shape index (κ1) is 21.5. The van der Waals surface area contributed by atoms with Gasteiger partial charge in [0.1, 0.15) is 35.6 Å². The van der Waals surface area contributed by atoms with Gasteiger partial charge in [0.15, 0.2) is 0 Å². The fraction of sp³-hybridized carbons (Fsp3) is 0.167. The number of nitrogens with zero attached hydrogens (tertiary/aromatic N) is 1.